The highest BCUT2D eigenvalue weighted by atomic mass is 32.2. The molecule has 0 N–H and O–H groups in total. The molecule has 2 rings (SSSR count). The largest absolute Gasteiger partial charge is 0.446 e. The number of thioether (sulfide) groups is 1. The fourth-order valence-electron chi connectivity index (χ4n) is 2.47. The summed E-state index contributed by atoms with van der Waals surface area (Å²) in [7, 11) is 0. The number of rotatable bonds is 5. The van der Waals surface area contributed by atoms with Crippen LogP contribution in [0.1, 0.15) is 34.0 Å². The third-order valence-corrected chi connectivity index (χ3v) is 4.37. The van der Waals surface area contributed by atoms with Gasteiger partial charge >= 0.3 is 5.51 Å². The molecule has 0 bridgehead atoms. The fraction of sp³-hybridized carbons (Fsp3) is 0.263. The Balaban J connectivity index is 2.16. The predicted octanol–water partition coefficient (Wildman–Crippen LogP) is 6.06. The normalized spacial score (nSPS) is 11.9. The molecule has 0 saturated carbocycles. The van der Waals surface area contributed by atoms with Crippen molar-refractivity contribution in [2.75, 3.05) is 0 Å². The number of nitrogens with zero attached hydrogens (tertiary/aromatic N) is 1. The molecule has 0 heterocycles. The van der Waals surface area contributed by atoms with Gasteiger partial charge in [-0.25, -0.2) is 0 Å². The molecule has 0 aliphatic rings. The lowest BCUT2D eigenvalue weighted by atomic mass is 9.96. The number of benzene rings is 2. The Morgan fingerprint density at radius 3 is 2.32 bits per heavy atom. The molecule has 0 aliphatic carbocycles. The minimum Gasteiger partial charge on any atom is -0.294 e. The number of hydrogen-bond donors (Lipinski definition) is 0. The lowest BCUT2D eigenvalue weighted by molar-refractivity contribution is -0.0328. The van der Waals surface area contributed by atoms with Crippen LogP contribution < -0.4 is 0 Å². The summed E-state index contributed by atoms with van der Waals surface area (Å²) in [6, 6.07) is 9.57. The molecule has 25 heavy (non-hydrogen) atoms. The first-order valence-electron chi connectivity index (χ1n) is 7.67. The number of ketones is 1. The van der Waals surface area contributed by atoms with Gasteiger partial charge in [-0.2, -0.15) is 13.2 Å². The second-order valence-electron chi connectivity index (χ2n) is 5.63. The molecule has 0 aromatic heterocycles. The number of Topliss-reactive ketones (excluding diaryl/α,β-unsaturated/α-hetero) is 1. The van der Waals surface area contributed by atoms with Gasteiger partial charge in [0, 0.05) is 23.1 Å². The van der Waals surface area contributed by atoms with E-state index in [-0.39, 0.29) is 28.9 Å². The second kappa shape index (κ2) is 7.87. The van der Waals surface area contributed by atoms with Crippen LogP contribution in [-0.2, 0) is 6.42 Å². The Hall–Kier alpha value is -2.08. The molecule has 0 fully saturated rings. The molecule has 0 atom stereocenters. The third-order valence-electron chi connectivity index (χ3n) is 3.63. The van der Waals surface area contributed by atoms with Crippen molar-refractivity contribution in [1.82, 2.24) is 0 Å². The summed E-state index contributed by atoms with van der Waals surface area (Å²) in [6.45, 7) is 5.57. The van der Waals surface area contributed by atoms with Crippen LogP contribution in [0.4, 0.5) is 18.9 Å². The van der Waals surface area contributed by atoms with Gasteiger partial charge in [-0.15, -0.1) is 0 Å². The highest BCUT2D eigenvalue weighted by Gasteiger charge is 2.29. The summed E-state index contributed by atoms with van der Waals surface area (Å²) in [6.07, 6.45) is 1.84. The molecule has 2 aromatic carbocycles. The molecule has 0 saturated heterocycles. The van der Waals surface area contributed by atoms with Crippen LogP contribution in [0.5, 0.6) is 0 Å². The highest BCUT2D eigenvalue weighted by molar-refractivity contribution is 8.00. The molecule has 0 amide bonds. The van der Waals surface area contributed by atoms with E-state index in [9.17, 15) is 18.0 Å². The molecule has 0 spiro atoms. The Morgan fingerprint density at radius 1 is 1.12 bits per heavy atom. The molecule has 2 aromatic rings. The summed E-state index contributed by atoms with van der Waals surface area (Å²) < 4.78 is 37.0. The molecule has 132 valence electrons. The lowest BCUT2D eigenvalue weighted by Gasteiger charge is -2.10. The van der Waals surface area contributed by atoms with Gasteiger partial charge in [0.05, 0.1) is 5.69 Å². The number of halogens is 3. The number of aliphatic imine (C=N–C) groups is 1. The van der Waals surface area contributed by atoms with E-state index in [1.165, 1.54) is 12.1 Å². The van der Waals surface area contributed by atoms with Gasteiger partial charge in [-0.05, 0) is 73.5 Å². The van der Waals surface area contributed by atoms with E-state index >= 15 is 0 Å². The van der Waals surface area contributed by atoms with Gasteiger partial charge in [0.25, 0.3) is 0 Å². The molecule has 0 aliphatic heterocycles. The van der Waals surface area contributed by atoms with Crippen LogP contribution in [0.2, 0.25) is 0 Å². The maximum Gasteiger partial charge on any atom is 0.446 e. The summed E-state index contributed by atoms with van der Waals surface area (Å²) in [5, 5.41) is 0. The minimum absolute atomic E-state index is 0.0659. The van der Waals surface area contributed by atoms with E-state index in [4.69, 9.17) is 0 Å². The van der Waals surface area contributed by atoms with Crippen LogP contribution in [0, 0.1) is 13.8 Å². The Labute approximate surface area is 149 Å². The maximum atomic E-state index is 12.5. The van der Waals surface area contributed by atoms with Gasteiger partial charge in [-0.3, -0.25) is 9.79 Å². The van der Waals surface area contributed by atoms with Crippen molar-refractivity contribution in [3.8, 4) is 0 Å². The van der Waals surface area contributed by atoms with Crippen molar-refractivity contribution in [3.63, 3.8) is 0 Å². The van der Waals surface area contributed by atoms with Gasteiger partial charge in [0.1, 0.15) is 0 Å². The van der Waals surface area contributed by atoms with E-state index < -0.39 is 5.51 Å². The van der Waals surface area contributed by atoms with Gasteiger partial charge in [-0.1, -0.05) is 12.1 Å². The van der Waals surface area contributed by atoms with Crippen LogP contribution in [0.15, 0.2) is 46.3 Å². The quantitative estimate of drug-likeness (QED) is 0.366. The first-order valence-corrected chi connectivity index (χ1v) is 8.49. The van der Waals surface area contributed by atoms with Crippen molar-refractivity contribution in [2.24, 2.45) is 4.99 Å². The number of carbonyl (C=O) groups excluding carboxylic acids is 1. The molecule has 2 nitrogen and oxygen atoms in total. The molecular formula is C19H18F3NOS. The summed E-state index contributed by atoms with van der Waals surface area (Å²) >= 11 is -0.163. The Bertz CT molecular complexity index is 796. The van der Waals surface area contributed by atoms with E-state index in [0.29, 0.717) is 11.1 Å². The van der Waals surface area contributed by atoms with E-state index in [0.717, 1.165) is 16.8 Å². The monoisotopic (exact) mass is 365 g/mol. The first-order chi connectivity index (χ1) is 11.7. The summed E-state index contributed by atoms with van der Waals surface area (Å²) in [4.78, 5) is 16.9. The van der Waals surface area contributed by atoms with E-state index in [1.54, 1.807) is 18.3 Å². The average molecular weight is 365 g/mol. The maximum absolute atomic E-state index is 12.5. The number of carbonyl (C=O) groups is 1. The van der Waals surface area contributed by atoms with Crippen molar-refractivity contribution >= 4 is 29.4 Å². The van der Waals surface area contributed by atoms with Crippen LogP contribution in [0.3, 0.4) is 0 Å². The zero-order valence-corrected chi connectivity index (χ0v) is 15.0. The van der Waals surface area contributed by atoms with E-state index in [2.05, 4.69) is 4.99 Å². The number of aryl methyl sites for hydroxylation is 2. The number of hydrogen-bond acceptors (Lipinski definition) is 3. The van der Waals surface area contributed by atoms with Gasteiger partial charge in [0.2, 0.25) is 0 Å². The smallest absolute Gasteiger partial charge is 0.294 e. The van der Waals surface area contributed by atoms with Crippen molar-refractivity contribution < 1.29 is 18.0 Å². The third kappa shape index (κ3) is 5.46. The minimum atomic E-state index is -4.31. The highest BCUT2D eigenvalue weighted by Crippen LogP contribution is 2.36. The first kappa shape index (κ1) is 19.2. The van der Waals surface area contributed by atoms with E-state index in [1.807, 2.05) is 32.9 Å². The van der Waals surface area contributed by atoms with Crippen molar-refractivity contribution in [1.29, 1.82) is 0 Å². The molecule has 0 unspecified atom stereocenters. The SMILES string of the molecule is CC=Nc1cc(C)c(C(=O)Cc2ccc(SC(F)(F)F)cc2)cc1C. The van der Waals surface area contributed by atoms with Gasteiger partial charge < -0.3 is 0 Å². The summed E-state index contributed by atoms with van der Waals surface area (Å²) in [5.74, 6) is -0.0659. The zero-order chi connectivity index (χ0) is 18.6. The lowest BCUT2D eigenvalue weighted by Crippen LogP contribution is -2.06. The van der Waals surface area contributed by atoms with Crippen molar-refractivity contribution in [3.05, 3.63) is 58.7 Å². The standard InChI is InChI=1S/C19H18F3NOS/c1-4-23-17-10-12(2)16(9-13(17)3)18(24)11-14-5-7-15(8-6-14)25-19(20,21)22/h4-10H,11H2,1-3H3. The second-order valence-corrected chi connectivity index (χ2v) is 6.77. The molecular weight excluding hydrogens is 347 g/mol. The van der Waals surface area contributed by atoms with Crippen LogP contribution in [0.25, 0.3) is 0 Å². The van der Waals surface area contributed by atoms with Gasteiger partial charge in [0.15, 0.2) is 5.78 Å². The summed E-state index contributed by atoms with van der Waals surface area (Å²) in [5.41, 5.74) is -0.450. The number of alkyl halides is 3. The Kier molecular flexibility index (Phi) is 6.06. The predicted molar refractivity (Wildman–Crippen MR) is 96.1 cm³/mol. The Morgan fingerprint density at radius 2 is 1.76 bits per heavy atom. The molecule has 6 heteroatoms. The zero-order valence-electron chi connectivity index (χ0n) is 14.1. The van der Waals surface area contributed by atoms with Crippen LogP contribution in [-0.4, -0.2) is 17.5 Å². The fourth-order valence-corrected chi connectivity index (χ4v) is 3.01. The average Bonchev–Trinajstić information content (AvgIpc) is 2.51. The molecule has 0 radical (unpaired) electrons. The van der Waals surface area contributed by atoms with Crippen LogP contribution >= 0.6 is 11.8 Å². The van der Waals surface area contributed by atoms with Crippen molar-refractivity contribution in [2.45, 2.75) is 37.6 Å². The topological polar surface area (TPSA) is 29.4 Å².